The van der Waals surface area contributed by atoms with E-state index < -0.39 is 11.5 Å². The Balaban J connectivity index is 2.01. The highest BCUT2D eigenvalue weighted by Gasteiger charge is 2.41. The van der Waals surface area contributed by atoms with Crippen molar-refractivity contribution in [1.29, 1.82) is 0 Å². The molecular formula is C14H15N5O3S. The number of hydrogen-bond donors (Lipinski definition) is 0. The third-order valence-electron chi connectivity index (χ3n) is 3.91. The van der Waals surface area contributed by atoms with Crippen molar-refractivity contribution < 1.29 is 9.66 Å². The molecule has 8 nitrogen and oxygen atoms in total. The second kappa shape index (κ2) is 5.65. The van der Waals surface area contributed by atoms with Gasteiger partial charge < -0.3 is 4.74 Å². The summed E-state index contributed by atoms with van der Waals surface area (Å²) >= 11 is 1.39. The SMILES string of the molecule is CSc1nc(OC2(C)C=CC=C([N+](=O)[O-])C2C)n2nccc2n1. The summed E-state index contributed by atoms with van der Waals surface area (Å²) in [6.07, 6.45) is 8.39. The molecular weight excluding hydrogens is 318 g/mol. The number of nitro groups is 1. The van der Waals surface area contributed by atoms with E-state index in [0.717, 1.165) is 0 Å². The van der Waals surface area contributed by atoms with Crippen LogP contribution in [0.15, 0.2) is 41.3 Å². The van der Waals surface area contributed by atoms with Gasteiger partial charge in [-0.25, -0.2) is 4.98 Å². The lowest BCUT2D eigenvalue weighted by atomic mass is 9.84. The summed E-state index contributed by atoms with van der Waals surface area (Å²) in [7, 11) is 0. The van der Waals surface area contributed by atoms with E-state index in [4.69, 9.17) is 4.74 Å². The summed E-state index contributed by atoms with van der Waals surface area (Å²) in [6.45, 7) is 3.55. The maximum atomic E-state index is 11.2. The molecule has 3 rings (SSSR count). The maximum Gasteiger partial charge on any atom is 0.322 e. The Morgan fingerprint density at radius 1 is 1.48 bits per heavy atom. The highest BCUT2D eigenvalue weighted by molar-refractivity contribution is 7.98. The molecule has 23 heavy (non-hydrogen) atoms. The molecule has 0 aromatic carbocycles. The van der Waals surface area contributed by atoms with Gasteiger partial charge in [0.1, 0.15) is 5.60 Å². The Labute approximate surface area is 136 Å². The Morgan fingerprint density at radius 3 is 2.96 bits per heavy atom. The molecule has 120 valence electrons. The minimum absolute atomic E-state index is 0.103. The lowest BCUT2D eigenvalue weighted by Crippen LogP contribution is -2.42. The van der Waals surface area contributed by atoms with Crippen molar-refractivity contribution in [3.8, 4) is 6.01 Å². The van der Waals surface area contributed by atoms with Crippen molar-refractivity contribution in [2.45, 2.75) is 24.6 Å². The summed E-state index contributed by atoms with van der Waals surface area (Å²) in [5, 5.41) is 15.9. The van der Waals surface area contributed by atoms with E-state index >= 15 is 0 Å². The van der Waals surface area contributed by atoms with Crippen LogP contribution in [0.5, 0.6) is 6.01 Å². The third kappa shape index (κ3) is 2.67. The van der Waals surface area contributed by atoms with Gasteiger partial charge in [-0.1, -0.05) is 17.8 Å². The zero-order chi connectivity index (χ0) is 16.6. The van der Waals surface area contributed by atoms with Gasteiger partial charge in [-0.05, 0) is 26.2 Å². The van der Waals surface area contributed by atoms with Crippen LogP contribution in [0.3, 0.4) is 0 Å². The Bertz CT molecular complexity index is 831. The molecule has 0 radical (unpaired) electrons. The van der Waals surface area contributed by atoms with Gasteiger partial charge in [0.2, 0.25) is 0 Å². The van der Waals surface area contributed by atoms with E-state index in [1.165, 1.54) is 22.4 Å². The number of ether oxygens (including phenoxy) is 1. The molecule has 2 aromatic rings. The van der Waals surface area contributed by atoms with Crippen molar-refractivity contribution in [2.75, 3.05) is 6.26 Å². The van der Waals surface area contributed by atoms with Gasteiger partial charge in [0, 0.05) is 12.1 Å². The number of allylic oxidation sites excluding steroid dienone is 2. The minimum atomic E-state index is -0.903. The topological polar surface area (TPSA) is 95.5 Å². The second-order valence-electron chi connectivity index (χ2n) is 5.31. The summed E-state index contributed by atoms with van der Waals surface area (Å²) < 4.78 is 7.54. The number of aromatic nitrogens is 4. The van der Waals surface area contributed by atoms with Crippen molar-refractivity contribution in [3.63, 3.8) is 0 Å². The minimum Gasteiger partial charge on any atom is -0.452 e. The van der Waals surface area contributed by atoms with Gasteiger partial charge in [-0.15, -0.1) is 0 Å². The fraction of sp³-hybridized carbons (Fsp3) is 0.357. The van der Waals surface area contributed by atoms with Gasteiger partial charge in [-0.2, -0.15) is 14.6 Å². The Morgan fingerprint density at radius 2 is 2.26 bits per heavy atom. The van der Waals surface area contributed by atoms with Crippen LogP contribution in [0.2, 0.25) is 0 Å². The van der Waals surface area contributed by atoms with Crippen LogP contribution in [0.4, 0.5) is 0 Å². The summed E-state index contributed by atoms with van der Waals surface area (Å²) in [5.41, 5.74) is -0.189. The first-order chi connectivity index (χ1) is 10.9. The normalized spacial score (nSPS) is 23.8. The quantitative estimate of drug-likeness (QED) is 0.481. The van der Waals surface area contributed by atoms with Gasteiger partial charge in [0.15, 0.2) is 10.8 Å². The maximum absolute atomic E-state index is 11.2. The van der Waals surface area contributed by atoms with Gasteiger partial charge in [0.05, 0.1) is 17.0 Å². The summed E-state index contributed by atoms with van der Waals surface area (Å²) in [6, 6.07) is 2.01. The first kappa shape index (κ1) is 15.5. The molecule has 9 heteroatoms. The molecule has 2 atom stereocenters. The van der Waals surface area contributed by atoms with E-state index in [1.54, 1.807) is 38.3 Å². The van der Waals surface area contributed by atoms with Crippen molar-refractivity contribution in [1.82, 2.24) is 19.6 Å². The lowest BCUT2D eigenvalue weighted by Gasteiger charge is -2.32. The highest BCUT2D eigenvalue weighted by Crippen LogP contribution is 2.34. The van der Waals surface area contributed by atoms with Crippen LogP contribution in [0, 0.1) is 16.0 Å². The first-order valence-corrected chi connectivity index (χ1v) is 8.15. The average molecular weight is 333 g/mol. The number of nitrogens with zero attached hydrogens (tertiary/aromatic N) is 5. The van der Waals surface area contributed by atoms with Gasteiger partial charge >= 0.3 is 6.01 Å². The third-order valence-corrected chi connectivity index (χ3v) is 4.46. The van der Waals surface area contributed by atoms with Crippen LogP contribution in [-0.2, 0) is 0 Å². The summed E-state index contributed by atoms with van der Waals surface area (Å²) in [5.74, 6) is -0.444. The molecule has 2 heterocycles. The molecule has 0 N–H and O–H groups in total. The second-order valence-corrected chi connectivity index (χ2v) is 6.08. The molecule has 0 amide bonds. The molecule has 0 fully saturated rings. The van der Waals surface area contributed by atoms with E-state index in [0.29, 0.717) is 10.8 Å². The lowest BCUT2D eigenvalue weighted by molar-refractivity contribution is -0.436. The molecule has 2 aromatic heterocycles. The van der Waals surface area contributed by atoms with Crippen LogP contribution in [0.25, 0.3) is 5.65 Å². The Kier molecular flexibility index (Phi) is 3.80. The number of rotatable bonds is 4. The molecule has 0 bridgehead atoms. The molecule has 2 unspecified atom stereocenters. The van der Waals surface area contributed by atoms with Gasteiger partial charge in [0.25, 0.3) is 5.70 Å². The van der Waals surface area contributed by atoms with Crippen molar-refractivity contribution in [3.05, 3.63) is 46.3 Å². The van der Waals surface area contributed by atoms with Crippen LogP contribution < -0.4 is 4.74 Å². The largest absolute Gasteiger partial charge is 0.452 e. The van der Waals surface area contributed by atoms with E-state index in [2.05, 4.69) is 15.1 Å². The molecule has 0 aliphatic heterocycles. The highest BCUT2D eigenvalue weighted by atomic mass is 32.2. The molecule has 0 saturated heterocycles. The van der Waals surface area contributed by atoms with Crippen molar-refractivity contribution in [2.24, 2.45) is 5.92 Å². The predicted molar refractivity (Wildman–Crippen MR) is 85.0 cm³/mol. The number of fused-ring (bicyclic) bond motifs is 1. The van der Waals surface area contributed by atoms with E-state index in [1.807, 2.05) is 6.26 Å². The van der Waals surface area contributed by atoms with Crippen LogP contribution >= 0.6 is 11.8 Å². The molecule has 0 spiro atoms. The van der Waals surface area contributed by atoms with Crippen molar-refractivity contribution >= 4 is 17.4 Å². The average Bonchev–Trinajstić information content (AvgIpc) is 2.98. The Hall–Kier alpha value is -2.42. The molecule has 1 aliphatic rings. The van der Waals surface area contributed by atoms with Crippen LogP contribution in [-0.4, -0.2) is 36.4 Å². The summed E-state index contributed by atoms with van der Waals surface area (Å²) in [4.78, 5) is 19.5. The number of hydrogen-bond acceptors (Lipinski definition) is 7. The van der Waals surface area contributed by atoms with E-state index in [-0.39, 0.29) is 16.6 Å². The fourth-order valence-corrected chi connectivity index (χ4v) is 2.75. The smallest absolute Gasteiger partial charge is 0.322 e. The zero-order valence-electron chi connectivity index (χ0n) is 12.8. The standard InChI is InChI=1S/C14H15N5O3S/c1-9-10(19(20)21)5-4-7-14(9,2)22-13-17-12(23-3)16-11-6-8-15-18(11)13/h4-9H,1-3H3. The van der Waals surface area contributed by atoms with E-state index in [9.17, 15) is 10.1 Å². The van der Waals surface area contributed by atoms with Gasteiger partial charge in [-0.3, -0.25) is 10.1 Å². The molecule has 0 saturated carbocycles. The predicted octanol–water partition coefficient (Wildman–Crippen LogP) is 2.35. The number of thioether (sulfide) groups is 1. The first-order valence-electron chi connectivity index (χ1n) is 6.93. The zero-order valence-corrected chi connectivity index (χ0v) is 13.6. The fourth-order valence-electron chi connectivity index (χ4n) is 2.40. The molecule has 1 aliphatic carbocycles. The van der Waals surface area contributed by atoms with Crippen LogP contribution in [0.1, 0.15) is 13.8 Å². The monoisotopic (exact) mass is 333 g/mol.